The largest absolute Gasteiger partial charge is 0.395 e. The second-order valence-electron chi connectivity index (χ2n) is 3.48. The Morgan fingerprint density at radius 2 is 2.38 bits per heavy atom. The molecule has 94 valence electrons. The van der Waals surface area contributed by atoms with Crippen molar-refractivity contribution in [3.8, 4) is 0 Å². The molecule has 0 saturated carbocycles. The van der Waals surface area contributed by atoms with Crippen LogP contribution in [0.1, 0.15) is 0 Å². The fourth-order valence-electron chi connectivity index (χ4n) is 1.52. The van der Waals surface area contributed by atoms with Gasteiger partial charge in [0.05, 0.1) is 19.2 Å². The molecule has 0 radical (unpaired) electrons. The molecule has 16 heavy (non-hydrogen) atoms. The molecule has 0 aromatic carbocycles. The molecule has 1 fully saturated rings. The molecule has 1 aliphatic heterocycles. The van der Waals surface area contributed by atoms with Crippen LogP contribution in [-0.4, -0.2) is 66.1 Å². The smallest absolute Gasteiger partial charge is 0.255 e. The van der Waals surface area contributed by atoms with Crippen LogP contribution in [0.4, 0.5) is 8.78 Å². The number of hydrogen-bond acceptors (Lipinski definition) is 4. The second kappa shape index (κ2) is 7.03. The fourth-order valence-corrected chi connectivity index (χ4v) is 2.45. The summed E-state index contributed by atoms with van der Waals surface area (Å²) in [6.45, 7) is -0.227. The van der Waals surface area contributed by atoms with Crippen molar-refractivity contribution < 1.29 is 18.7 Å². The Hall–Kier alpha value is -0.400. The van der Waals surface area contributed by atoms with E-state index in [-0.39, 0.29) is 19.1 Å². The lowest BCUT2D eigenvalue weighted by Gasteiger charge is -2.29. The van der Waals surface area contributed by atoms with Crippen LogP contribution in [-0.2, 0) is 4.79 Å². The van der Waals surface area contributed by atoms with Crippen molar-refractivity contribution in [2.45, 2.75) is 12.5 Å². The first-order valence-electron chi connectivity index (χ1n) is 5.14. The number of nitrogens with zero attached hydrogens (tertiary/aromatic N) is 1. The highest BCUT2D eigenvalue weighted by molar-refractivity contribution is 7.99. The normalized spacial score (nSPS) is 21.1. The van der Waals surface area contributed by atoms with E-state index in [1.807, 2.05) is 0 Å². The molecule has 1 heterocycles. The number of halogens is 2. The molecular weight excluding hydrogens is 238 g/mol. The molecule has 0 aromatic heterocycles. The predicted octanol–water partition coefficient (Wildman–Crippen LogP) is -0.223. The Morgan fingerprint density at radius 1 is 1.62 bits per heavy atom. The molecule has 1 unspecified atom stereocenters. The van der Waals surface area contributed by atoms with Crippen LogP contribution >= 0.6 is 11.8 Å². The molecule has 0 spiro atoms. The van der Waals surface area contributed by atoms with Crippen molar-refractivity contribution in [1.82, 2.24) is 10.2 Å². The molecule has 0 aromatic rings. The number of alkyl halides is 2. The Bertz CT molecular complexity index is 226. The molecule has 1 saturated heterocycles. The predicted molar refractivity (Wildman–Crippen MR) is 58.8 cm³/mol. The van der Waals surface area contributed by atoms with Crippen LogP contribution in [0.5, 0.6) is 0 Å². The molecule has 7 heteroatoms. The van der Waals surface area contributed by atoms with Crippen molar-refractivity contribution in [2.24, 2.45) is 0 Å². The van der Waals surface area contributed by atoms with Gasteiger partial charge in [0.2, 0.25) is 5.91 Å². The number of rotatable bonds is 5. The van der Waals surface area contributed by atoms with E-state index in [1.54, 1.807) is 11.8 Å². The molecular formula is C9H16F2N2O2S. The van der Waals surface area contributed by atoms with Crippen LogP contribution in [0.15, 0.2) is 0 Å². The summed E-state index contributed by atoms with van der Waals surface area (Å²) in [7, 11) is 0. The molecule has 1 aliphatic rings. The van der Waals surface area contributed by atoms with Gasteiger partial charge in [-0.1, -0.05) is 0 Å². The third kappa shape index (κ3) is 4.23. The van der Waals surface area contributed by atoms with Gasteiger partial charge in [0.1, 0.15) is 0 Å². The van der Waals surface area contributed by atoms with Crippen molar-refractivity contribution in [2.75, 3.05) is 37.7 Å². The first-order valence-corrected chi connectivity index (χ1v) is 6.29. The van der Waals surface area contributed by atoms with Crippen LogP contribution in [0.3, 0.4) is 0 Å². The molecule has 1 atom stereocenters. The highest BCUT2D eigenvalue weighted by Gasteiger charge is 2.27. The summed E-state index contributed by atoms with van der Waals surface area (Å²) in [5, 5.41) is 11.7. The van der Waals surface area contributed by atoms with Crippen molar-refractivity contribution >= 4 is 17.7 Å². The molecule has 1 amide bonds. The van der Waals surface area contributed by atoms with Gasteiger partial charge in [-0.2, -0.15) is 11.8 Å². The van der Waals surface area contributed by atoms with Gasteiger partial charge in [0, 0.05) is 24.6 Å². The minimum atomic E-state index is -2.56. The minimum Gasteiger partial charge on any atom is -0.395 e. The van der Waals surface area contributed by atoms with E-state index in [2.05, 4.69) is 5.32 Å². The molecule has 1 rings (SSSR count). The zero-order chi connectivity index (χ0) is 12.0. The van der Waals surface area contributed by atoms with Gasteiger partial charge in [0.15, 0.2) is 0 Å². The van der Waals surface area contributed by atoms with Gasteiger partial charge in [-0.05, 0) is 0 Å². The quantitative estimate of drug-likeness (QED) is 0.712. The monoisotopic (exact) mass is 254 g/mol. The third-order valence-corrected chi connectivity index (χ3v) is 3.32. The maximum Gasteiger partial charge on any atom is 0.255 e. The average molecular weight is 254 g/mol. The maximum absolute atomic E-state index is 12.2. The van der Waals surface area contributed by atoms with Crippen LogP contribution < -0.4 is 5.32 Å². The summed E-state index contributed by atoms with van der Waals surface area (Å²) < 4.78 is 24.5. The number of nitrogens with one attached hydrogen (secondary N) is 1. The van der Waals surface area contributed by atoms with Crippen molar-refractivity contribution in [3.05, 3.63) is 0 Å². The van der Waals surface area contributed by atoms with E-state index in [0.29, 0.717) is 12.3 Å². The van der Waals surface area contributed by atoms with Crippen molar-refractivity contribution in [3.63, 3.8) is 0 Å². The third-order valence-electron chi connectivity index (χ3n) is 2.26. The van der Waals surface area contributed by atoms with Crippen LogP contribution in [0.2, 0.25) is 0 Å². The molecule has 2 N–H and O–H groups in total. The Balaban J connectivity index is 2.50. The first-order chi connectivity index (χ1) is 7.65. The summed E-state index contributed by atoms with van der Waals surface area (Å²) in [4.78, 5) is 12.9. The lowest BCUT2D eigenvalue weighted by molar-refractivity contribution is -0.135. The van der Waals surface area contributed by atoms with E-state index in [0.717, 1.165) is 10.7 Å². The number of aliphatic hydroxyl groups excluding tert-OH is 1. The zero-order valence-corrected chi connectivity index (χ0v) is 9.68. The lowest BCUT2D eigenvalue weighted by atomic mass is 10.2. The summed E-state index contributed by atoms with van der Waals surface area (Å²) in [5.74, 6) is 1.18. The van der Waals surface area contributed by atoms with Gasteiger partial charge >= 0.3 is 0 Å². The number of carbonyl (C=O) groups is 1. The summed E-state index contributed by atoms with van der Waals surface area (Å²) in [5.41, 5.74) is 0. The standard InChI is InChI=1S/C9H16F2N2O2S/c10-8(11)5-13(2-3-14)9(15)7-6-16-4-1-12-7/h7-8,12,14H,1-6H2. The molecule has 0 bridgehead atoms. The van der Waals surface area contributed by atoms with Crippen molar-refractivity contribution in [1.29, 1.82) is 0 Å². The highest BCUT2D eigenvalue weighted by Crippen LogP contribution is 2.11. The second-order valence-corrected chi connectivity index (χ2v) is 4.63. The number of carbonyl (C=O) groups excluding carboxylic acids is 1. The van der Waals surface area contributed by atoms with Gasteiger partial charge in [-0.25, -0.2) is 8.78 Å². The zero-order valence-electron chi connectivity index (χ0n) is 8.86. The first kappa shape index (κ1) is 13.7. The minimum absolute atomic E-state index is 0.0357. The van der Waals surface area contributed by atoms with Gasteiger partial charge in [0.25, 0.3) is 6.43 Å². The van der Waals surface area contributed by atoms with E-state index in [4.69, 9.17) is 5.11 Å². The van der Waals surface area contributed by atoms with Gasteiger partial charge in [-0.3, -0.25) is 4.79 Å². The molecule has 4 nitrogen and oxygen atoms in total. The van der Waals surface area contributed by atoms with E-state index >= 15 is 0 Å². The topological polar surface area (TPSA) is 52.6 Å². The number of aliphatic hydroxyl groups is 1. The number of thioether (sulfide) groups is 1. The van der Waals surface area contributed by atoms with E-state index < -0.39 is 19.0 Å². The fraction of sp³-hybridized carbons (Fsp3) is 0.889. The van der Waals surface area contributed by atoms with Gasteiger partial charge < -0.3 is 15.3 Å². The lowest BCUT2D eigenvalue weighted by Crippen LogP contribution is -2.52. The molecule has 0 aliphatic carbocycles. The van der Waals surface area contributed by atoms with Crippen LogP contribution in [0, 0.1) is 0 Å². The summed E-state index contributed by atoms with van der Waals surface area (Å²) >= 11 is 1.63. The Kier molecular flexibility index (Phi) is 6.00. The maximum atomic E-state index is 12.2. The summed E-state index contributed by atoms with van der Waals surface area (Å²) in [6, 6.07) is -0.399. The number of hydrogen-bond donors (Lipinski definition) is 2. The highest BCUT2D eigenvalue weighted by atomic mass is 32.2. The SMILES string of the molecule is O=C(C1CSCCN1)N(CCO)CC(F)F. The Labute approximate surface area is 97.4 Å². The van der Waals surface area contributed by atoms with Crippen LogP contribution in [0.25, 0.3) is 0 Å². The average Bonchev–Trinajstić information content (AvgIpc) is 2.28. The van der Waals surface area contributed by atoms with E-state index in [9.17, 15) is 13.6 Å². The van der Waals surface area contributed by atoms with Gasteiger partial charge in [-0.15, -0.1) is 0 Å². The number of amides is 1. The Morgan fingerprint density at radius 3 is 2.88 bits per heavy atom. The van der Waals surface area contributed by atoms with E-state index in [1.165, 1.54) is 0 Å². The summed E-state index contributed by atoms with van der Waals surface area (Å²) in [6.07, 6.45) is -2.56.